The third kappa shape index (κ3) is 4.79. The number of carbonyl (C=O) groups excluding carboxylic acids is 2. The van der Waals surface area contributed by atoms with Gasteiger partial charge in [0.2, 0.25) is 0 Å². The number of aliphatic hydroxyl groups excluding tert-OH is 1. The van der Waals surface area contributed by atoms with Crippen molar-refractivity contribution in [3.63, 3.8) is 0 Å². The molecular formula is C29H28N2O5. The topological polar surface area (TPSA) is 91.9 Å². The third-order valence-corrected chi connectivity index (χ3v) is 6.37. The highest BCUT2D eigenvalue weighted by molar-refractivity contribution is 6.42. The number of ketones is 1. The molecule has 1 aromatic heterocycles. The number of hydrogen-bond acceptors (Lipinski definition) is 5. The van der Waals surface area contributed by atoms with E-state index in [1.807, 2.05) is 37.3 Å². The molecule has 7 heteroatoms. The molecule has 0 spiro atoms. The summed E-state index contributed by atoms with van der Waals surface area (Å²) in [6.07, 6.45) is 2.71. The average Bonchev–Trinajstić information content (AvgIpc) is 3.28. The van der Waals surface area contributed by atoms with Crippen molar-refractivity contribution in [2.45, 2.75) is 19.8 Å². The van der Waals surface area contributed by atoms with Crippen LogP contribution < -0.4 is 10.6 Å². The number of ether oxygens (including phenoxy) is 2. The van der Waals surface area contributed by atoms with Gasteiger partial charge >= 0.3 is 0 Å². The zero-order valence-corrected chi connectivity index (χ0v) is 20.6. The Morgan fingerprint density at radius 1 is 1.17 bits per heavy atom. The van der Waals surface area contributed by atoms with E-state index in [4.69, 9.17) is 9.47 Å². The summed E-state index contributed by atoms with van der Waals surface area (Å²) in [6, 6.07) is 9.78. The van der Waals surface area contributed by atoms with Gasteiger partial charge in [0.05, 0.1) is 30.9 Å². The van der Waals surface area contributed by atoms with Gasteiger partial charge in [-0.15, -0.1) is 0 Å². The molecular weight excluding hydrogens is 456 g/mol. The maximum atomic E-state index is 13.4. The van der Waals surface area contributed by atoms with Crippen molar-refractivity contribution in [1.29, 1.82) is 0 Å². The number of H-pyrrole nitrogens is 1. The first kappa shape index (κ1) is 24.9. The fraction of sp³-hybridized carbons (Fsp3) is 0.310. The maximum Gasteiger partial charge on any atom is 0.295 e. The molecule has 36 heavy (non-hydrogen) atoms. The molecule has 0 bridgehead atoms. The number of allylic oxidation sites excluding steroid dienone is 1. The predicted molar refractivity (Wildman–Crippen MR) is 136 cm³/mol. The molecule has 1 saturated heterocycles. The normalized spacial score (nSPS) is 16.6. The van der Waals surface area contributed by atoms with Crippen LogP contribution in [0.4, 0.5) is 0 Å². The Morgan fingerprint density at radius 3 is 2.53 bits per heavy atom. The molecule has 2 heterocycles. The van der Waals surface area contributed by atoms with Gasteiger partial charge in [-0.25, -0.2) is 0 Å². The first-order valence-corrected chi connectivity index (χ1v) is 11.8. The van der Waals surface area contributed by atoms with E-state index in [9.17, 15) is 14.7 Å². The molecule has 1 aliphatic heterocycles. The van der Waals surface area contributed by atoms with Crippen LogP contribution in [0.1, 0.15) is 35.7 Å². The second-order valence-corrected chi connectivity index (χ2v) is 8.47. The number of amides is 1. The molecule has 1 aliphatic carbocycles. The smallest absolute Gasteiger partial charge is 0.295 e. The number of aromatic amines is 1. The predicted octanol–water partition coefficient (Wildman–Crippen LogP) is 1.43. The van der Waals surface area contributed by atoms with Crippen LogP contribution >= 0.6 is 0 Å². The van der Waals surface area contributed by atoms with Gasteiger partial charge in [0.1, 0.15) is 17.7 Å². The van der Waals surface area contributed by atoms with E-state index in [1.54, 1.807) is 4.90 Å². The minimum atomic E-state index is -0.609. The summed E-state index contributed by atoms with van der Waals surface area (Å²) in [5, 5.41) is 10.2. The van der Waals surface area contributed by atoms with Crippen molar-refractivity contribution in [2.24, 2.45) is 5.92 Å². The largest absolute Gasteiger partial charge is 0.499 e. The van der Waals surface area contributed by atoms with Crippen LogP contribution in [-0.4, -0.2) is 60.6 Å². The maximum absolute atomic E-state index is 13.4. The standard InChI is InChI=1S/C29H28N2O5/c1-19-11-12-24(35-2)26-25(28(19)36-3)23(18-30-26)27(33)29(34)31-15-13-21(14-16-31)22(10-7-17-32)20-8-5-4-6-9-20/h4-6,8-9,18-19,30,32H,13-17H2,1-3H3. The summed E-state index contributed by atoms with van der Waals surface area (Å²) in [4.78, 5) is 31.3. The number of hydrogen-bond donors (Lipinski definition) is 2. The van der Waals surface area contributed by atoms with Gasteiger partial charge in [0.25, 0.3) is 11.7 Å². The van der Waals surface area contributed by atoms with Crippen molar-refractivity contribution in [3.05, 3.63) is 63.8 Å². The minimum absolute atomic E-state index is 0.226. The second-order valence-electron chi connectivity index (χ2n) is 8.47. The van der Waals surface area contributed by atoms with Crippen LogP contribution in [0.15, 0.2) is 42.1 Å². The summed E-state index contributed by atoms with van der Waals surface area (Å²) >= 11 is 0. The van der Waals surface area contributed by atoms with Gasteiger partial charge in [-0.3, -0.25) is 9.59 Å². The number of fused-ring (bicyclic) bond motifs is 1. The number of carbonyl (C=O) groups is 2. The van der Waals surface area contributed by atoms with Crippen molar-refractivity contribution in [1.82, 2.24) is 9.88 Å². The first-order valence-electron chi connectivity index (χ1n) is 11.8. The number of aromatic nitrogens is 1. The zero-order valence-electron chi connectivity index (χ0n) is 20.6. The summed E-state index contributed by atoms with van der Waals surface area (Å²) in [7, 11) is 3.04. The molecule has 7 nitrogen and oxygen atoms in total. The number of methoxy groups -OCH3 is 2. The molecule has 2 aliphatic rings. The number of nitrogens with one attached hydrogen (secondary N) is 1. The molecule has 2 N–H and O–H groups in total. The van der Waals surface area contributed by atoms with Gasteiger partial charge in [-0.1, -0.05) is 53.7 Å². The van der Waals surface area contributed by atoms with Crippen LogP contribution in [0.5, 0.6) is 0 Å². The monoisotopic (exact) mass is 484 g/mol. The number of rotatable bonds is 5. The first-order chi connectivity index (χ1) is 17.5. The average molecular weight is 485 g/mol. The highest BCUT2D eigenvalue weighted by Gasteiger charge is 2.30. The number of nitrogens with zero attached hydrogens (tertiary/aromatic N) is 1. The molecule has 1 aromatic carbocycles. The number of piperidine rings is 1. The summed E-state index contributed by atoms with van der Waals surface area (Å²) in [6.45, 7) is 2.45. The summed E-state index contributed by atoms with van der Waals surface area (Å²) in [5.41, 5.74) is 3.19. The van der Waals surface area contributed by atoms with Crippen molar-refractivity contribution < 1.29 is 24.2 Å². The van der Waals surface area contributed by atoms with Crippen LogP contribution in [0.2, 0.25) is 0 Å². The molecule has 4 rings (SSSR count). The van der Waals surface area contributed by atoms with Gasteiger partial charge in [-0.05, 0) is 31.2 Å². The molecule has 0 saturated carbocycles. The summed E-state index contributed by atoms with van der Waals surface area (Å²) in [5.74, 6) is 11.3. The summed E-state index contributed by atoms with van der Waals surface area (Å²) < 4.78 is 11.0. The van der Waals surface area contributed by atoms with Gasteiger partial charge in [0, 0.05) is 24.9 Å². The van der Waals surface area contributed by atoms with Gasteiger partial charge in [0.15, 0.2) is 5.76 Å². The molecule has 1 amide bonds. The van der Waals surface area contributed by atoms with Crippen LogP contribution in [0.3, 0.4) is 0 Å². The third-order valence-electron chi connectivity index (χ3n) is 6.37. The lowest BCUT2D eigenvalue weighted by Gasteiger charge is -2.28. The van der Waals surface area contributed by atoms with Crippen LogP contribution in [0, 0.1) is 29.6 Å². The molecule has 1 unspecified atom stereocenters. The molecule has 2 aromatic rings. The highest BCUT2D eigenvalue weighted by atomic mass is 16.5. The van der Waals surface area contributed by atoms with Crippen molar-refractivity contribution >= 4 is 28.8 Å². The van der Waals surface area contributed by atoms with E-state index >= 15 is 0 Å². The lowest BCUT2D eigenvalue weighted by atomic mass is 9.93. The Hall–Kier alpha value is -4.20. The Kier molecular flexibility index (Phi) is 7.63. The number of benzene rings is 1. The Bertz CT molecular complexity index is 1450. The zero-order chi connectivity index (χ0) is 25.7. The lowest BCUT2D eigenvalue weighted by Crippen LogP contribution is -2.43. The fourth-order valence-corrected chi connectivity index (χ4v) is 4.57. The van der Waals surface area contributed by atoms with E-state index in [-0.39, 0.29) is 18.1 Å². The molecule has 1 atom stereocenters. The van der Waals surface area contributed by atoms with E-state index in [0.29, 0.717) is 48.0 Å². The second kappa shape index (κ2) is 11.0. The Labute approximate surface area is 210 Å². The van der Waals surface area contributed by atoms with Crippen LogP contribution in [-0.2, 0) is 14.3 Å². The highest BCUT2D eigenvalue weighted by Crippen LogP contribution is 2.27. The van der Waals surface area contributed by atoms with Crippen molar-refractivity contribution in [2.75, 3.05) is 33.9 Å². The Balaban J connectivity index is 1.62. The van der Waals surface area contributed by atoms with Gasteiger partial charge in [-0.2, -0.15) is 0 Å². The quantitative estimate of drug-likeness (QED) is 0.381. The molecule has 0 radical (unpaired) electrons. The molecule has 184 valence electrons. The Morgan fingerprint density at radius 2 is 1.89 bits per heavy atom. The van der Waals surface area contributed by atoms with E-state index in [1.165, 1.54) is 20.4 Å². The SMILES string of the molecule is COC1=c2[nH]cc(C(=O)C(=O)N3CCC(=C(C#CCO)c4ccccc4)CC3)c2=C(OC)C(C)C#C1. The van der Waals surface area contributed by atoms with Crippen molar-refractivity contribution in [3.8, 4) is 23.7 Å². The van der Waals surface area contributed by atoms with Gasteiger partial charge < -0.3 is 24.5 Å². The fourth-order valence-electron chi connectivity index (χ4n) is 4.57. The molecule has 1 fully saturated rings. The lowest BCUT2D eigenvalue weighted by molar-refractivity contribution is -0.126. The minimum Gasteiger partial charge on any atom is -0.499 e. The number of Topliss-reactive ketones (excluding diaryl/α,β-unsaturated/α-hetero) is 1. The number of likely N-dealkylation sites (tertiary alicyclic amines) is 1. The van der Waals surface area contributed by atoms with E-state index < -0.39 is 11.7 Å². The van der Waals surface area contributed by atoms with E-state index in [0.717, 1.165) is 16.7 Å². The number of aliphatic hydroxyl groups is 1. The van der Waals surface area contributed by atoms with Crippen LogP contribution in [0.25, 0.3) is 17.1 Å². The van der Waals surface area contributed by atoms with E-state index in [2.05, 4.69) is 28.7 Å².